The zero-order chi connectivity index (χ0) is 46.5. The lowest BCUT2D eigenvalue weighted by atomic mass is 10.1. The number of anilines is 4. The number of alkyl halides is 2. The standard InChI is InChI=1S/C44H38Cl4N8O8/c1-23(57)39(55-53-33-17-27(11-13-31(33)47)41(59)49-29-9-5-7-25(15-29)21-45)43(61)51-35-19-38(64-4)36(20-37(35)63-3)52-44(62)40(24(2)58)56-54-34-18-28(12-14-32(34)48)42(60)50-30-10-6-8-26(16-30)22-46/h5-20,39-40H,21-22H2,1-4H3,(H,49,59)(H,50,60)(H,51,61)(H,52,62). The van der Waals surface area contributed by atoms with Crippen LogP contribution in [0.2, 0.25) is 10.0 Å². The van der Waals surface area contributed by atoms with Gasteiger partial charge >= 0.3 is 0 Å². The predicted octanol–water partition coefficient (Wildman–Crippen LogP) is 10.4. The lowest BCUT2D eigenvalue weighted by Crippen LogP contribution is -2.32. The summed E-state index contributed by atoms with van der Waals surface area (Å²) in [5.74, 6) is -3.67. The van der Waals surface area contributed by atoms with Crippen LogP contribution in [0.5, 0.6) is 11.5 Å². The molecule has 16 nitrogen and oxygen atoms in total. The Hall–Kier alpha value is -6.72. The second kappa shape index (κ2) is 22.6. The fraction of sp³-hybridized carbons (Fsp3) is 0.182. The molecule has 5 aromatic carbocycles. The van der Waals surface area contributed by atoms with E-state index in [0.717, 1.165) is 25.0 Å². The van der Waals surface area contributed by atoms with Crippen LogP contribution in [0.3, 0.4) is 0 Å². The van der Waals surface area contributed by atoms with Crippen molar-refractivity contribution in [2.45, 2.75) is 37.7 Å². The number of azo groups is 2. The summed E-state index contributed by atoms with van der Waals surface area (Å²) in [5.41, 5.74) is 3.00. The third-order valence-corrected chi connectivity index (χ3v) is 10.2. The molecule has 0 radical (unpaired) electrons. The second-order valence-corrected chi connectivity index (χ2v) is 14.9. The number of hydrogen-bond acceptors (Lipinski definition) is 12. The van der Waals surface area contributed by atoms with Gasteiger partial charge < -0.3 is 30.7 Å². The first kappa shape index (κ1) is 48.3. The number of carbonyl (C=O) groups is 6. The van der Waals surface area contributed by atoms with E-state index in [1.54, 1.807) is 36.4 Å². The summed E-state index contributed by atoms with van der Waals surface area (Å²) in [6, 6.07) is 21.7. The Morgan fingerprint density at radius 3 is 1.28 bits per heavy atom. The van der Waals surface area contributed by atoms with E-state index in [2.05, 4.69) is 41.7 Å². The third kappa shape index (κ3) is 12.7. The molecule has 330 valence electrons. The minimum absolute atomic E-state index is 0.000656. The first-order valence-electron chi connectivity index (χ1n) is 18.9. The van der Waals surface area contributed by atoms with Gasteiger partial charge in [0.1, 0.15) is 22.9 Å². The van der Waals surface area contributed by atoms with Gasteiger partial charge in [0.2, 0.25) is 12.1 Å². The molecule has 2 atom stereocenters. The molecular weight excluding hydrogens is 910 g/mol. The van der Waals surface area contributed by atoms with Gasteiger partial charge in [0.15, 0.2) is 11.6 Å². The Balaban J connectivity index is 1.30. The molecule has 0 fully saturated rings. The van der Waals surface area contributed by atoms with Crippen molar-refractivity contribution in [1.82, 2.24) is 0 Å². The molecule has 5 rings (SSSR count). The van der Waals surface area contributed by atoms with E-state index in [0.29, 0.717) is 11.4 Å². The van der Waals surface area contributed by atoms with E-state index in [4.69, 9.17) is 55.9 Å². The third-order valence-electron chi connectivity index (χ3n) is 8.96. The molecule has 64 heavy (non-hydrogen) atoms. The average Bonchev–Trinajstić information content (AvgIpc) is 3.27. The fourth-order valence-electron chi connectivity index (χ4n) is 5.70. The van der Waals surface area contributed by atoms with E-state index in [-0.39, 0.29) is 67.2 Å². The van der Waals surface area contributed by atoms with Crippen molar-refractivity contribution in [3.05, 3.63) is 129 Å². The number of ketones is 2. The maximum absolute atomic E-state index is 13.5. The average molecular weight is 949 g/mol. The van der Waals surface area contributed by atoms with E-state index in [9.17, 15) is 28.8 Å². The van der Waals surface area contributed by atoms with Crippen molar-refractivity contribution >= 4 is 116 Å². The van der Waals surface area contributed by atoms with E-state index in [1.165, 1.54) is 62.8 Å². The smallest absolute Gasteiger partial charge is 0.258 e. The number of ether oxygens (including phenoxy) is 2. The maximum atomic E-state index is 13.5. The van der Waals surface area contributed by atoms with Gasteiger partial charge in [0.05, 0.1) is 35.6 Å². The van der Waals surface area contributed by atoms with Crippen molar-refractivity contribution in [2.24, 2.45) is 20.5 Å². The molecule has 2 unspecified atom stereocenters. The van der Waals surface area contributed by atoms with Crippen LogP contribution in [-0.2, 0) is 30.9 Å². The number of carbonyl (C=O) groups excluding carboxylic acids is 6. The van der Waals surface area contributed by atoms with Crippen molar-refractivity contribution in [3.63, 3.8) is 0 Å². The Morgan fingerprint density at radius 2 is 0.938 bits per heavy atom. The van der Waals surface area contributed by atoms with Crippen LogP contribution in [0.15, 0.2) is 118 Å². The van der Waals surface area contributed by atoms with Crippen molar-refractivity contribution in [1.29, 1.82) is 0 Å². The Kier molecular flexibility index (Phi) is 17.0. The number of nitrogens with one attached hydrogen (secondary N) is 4. The highest BCUT2D eigenvalue weighted by molar-refractivity contribution is 6.33. The van der Waals surface area contributed by atoms with Crippen LogP contribution in [0.25, 0.3) is 0 Å². The van der Waals surface area contributed by atoms with Crippen LogP contribution in [-0.4, -0.2) is 61.5 Å². The molecular formula is C44H38Cl4N8O8. The second-order valence-electron chi connectivity index (χ2n) is 13.6. The topological polar surface area (TPSA) is 218 Å². The molecule has 4 amide bonds. The minimum atomic E-state index is -1.68. The van der Waals surface area contributed by atoms with Gasteiger partial charge in [0, 0.05) is 46.4 Å². The highest BCUT2D eigenvalue weighted by Crippen LogP contribution is 2.37. The highest BCUT2D eigenvalue weighted by atomic mass is 35.5. The van der Waals surface area contributed by atoms with Crippen LogP contribution < -0.4 is 30.7 Å². The summed E-state index contributed by atoms with van der Waals surface area (Å²) in [5, 5.41) is 26.8. The van der Waals surface area contributed by atoms with Gasteiger partial charge in [-0.25, -0.2) is 0 Å². The molecule has 0 aliphatic rings. The molecule has 0 bridgehead atoms. The molecule has 0 spiro atoms. The van der Waals surface area contributed by atoms with Gasteiger partial charge in [0.25, 0.3) is 23.6 Å². The van der Waals surface area contributed by atoms with Gasteiger partial charge in [-0.15, -0.1) is 23.2 Å². The molecule has 0 aliphatic carbocycles. The van der Waals surface area contributed by atoms with Gasteiger partial charge in [-0.05, 0) is 85.6 Å². The largest absolute Gasteiger partial charge is 0.494 e. The number of methoxy groups -OCH3 is 2. The minimum Gasteiger partial charge on any atom is -0.494 e. The summed E-state index contributed by atoms with van der Waals surface area (Å²) >= 11 is 24.5. The lowest BCUT2D eigenvalue weighted by molar-refractivity contribution is -0.127. The molecule has 0 saturated carbocycles. The van der Waals surface area contributed by atoms with Gasteiger partial charge in [-0.3, -0.25) is 28.8 Å². The van der Waals surface area contributed by atoms with Crippen molar-refractivity contribution in [3.8, 4) is 11.5 Å². The van der Waals surface area contributed by atoms with Crippen LogP contribution >= 0.6 is 46.4 Å². The number of amides is 4. The summed E-state index contributed by atoms with van der Waals surface area (Å²) in [6.45, 7) is 2.27. The number of benzene rings is 5. The van der Waals surface area contributed by atoms with E-state index in [1.807, 2.05) is 12.1 Å². The number of Topliss-reactive ketones (excluding diaryl/α,β-unsaturated/α-hetero) is 2. The lowest BCUT2D eigenvalue weighted by Gasteiger charge is -2.18. The zero-order valence-corrected chi connectivity index (χ0v) is 37.4. The summed E-state index contributed by atoms with van der Waals surface area (Å²) in [7, 11) is 2.57. The fourth-order valence-corrected chi connectivity index (χ4v) is 6.35. The molecule has 20 heteroatoms. The summed E-state index contributed by atoms with van der Waals surface area (Å²) in [6.07, 6.45) is 0. The van der Waals surface area contributed by atoms with Crippen molar-refractivity contribution in [2.75, 3.05) is 35.5 Å². The SMILES string of the molecule is COc1cc(NC(=O)C(N=Nc2cc(C(=O)Nc3cccc(CCl)c3)ccc2Cl)C(C)=O)c(OC)cc1NC(=O)C(N=Nc1cc(C(=O)Nc2cccc(CCl)c2)ccc1Cl)C(C)=O. The summed E-state index contributed by atoms with van der Waals surface area (Å²) < 4.78 is 10.9. The Morgan fingerprint density at radius 1 is 0.547 bits per heavy atom. The van der Waals surface area contributed by atoms with Gasteiger partial charge in [-0.2, -0.15) is 20.5 Å². The number of nitrogens with zero attached hydrogens (tertiary/aromatic N) is 4. The first-order valence-corrected chi connectivity index (χ1v) is 20.7. The maximum Gasteiger partial charge on any atom is 0.258 e. The van der Waals surface area contributed by atoms with E-state index < -0.39 is 47.3 Å². The highest BCUT2D eigenvalue weighted by Gasteiger charge is 2.28. The quantitative estimate of drug-likeness (QED) is 0.0375. The first-order chi connectivity index (χ1) is 30.6. The molecule has 4 N–H and O–H groups in total. The van der Waals surface area contributed by atoms with Crippen LogP contribution in [0, 0.1) is 0 Å². The molecule has 0 aromatic heterocycles. The monoisotopic (exact) mass is 946 g/mol. The van der Waals surface area contributed by atoms with Crippen LogP contribution in [0.1, 0.15) is 45.7 Å². The summed E-state index contributed by atoms with van der Waals surface area (Å²) in [4.78, 5) is 78.4. The normalized spacial score (nSPS) is 12.0. The number of hydrogen-bond donors (Lipinski definition) is 4. The number of rotatable bonds is 18. The van der Waals surface area contributed by atoms with E-state index >= 15 is 0 Å². The molecule has 0 aliphatic heterocycles. The van der Waals surface area contributed by atoms with Crippen LogP contribution in [0.4, 0.5) is 34.1 Å². The predicted molar refractivity (Wildman–Crippen MR) is 246 cm³/mol. The Bertz CT molecular complexity index is 2500. The Labute approximate surface area is 386 Å². The molecule has 0 heterocycles. The number of halogens is 4. The molecule has 5 aromatic rings. The molecule has 0 saturated heterocycles. The van der Waals surface area contributed by atoms with Crippen molar-refractivity contribution < 1.29 is 38.2 Å². The zero-order valence-electron chi connectivity index (χ0n) is 34.4. The van der Waals surface area contributed by atoms with Gasteiger partial charge in [-0.1, -0.05) is 47.5 Å².